The summed E-state index contributed by atoms with van der Waals surface area (Å²) in [6.07, 6.45) is 3.59. The second-order valence-corrected chi connectivity index (χ2v) is 14.1. The van der Waals surface area contributed by atoms with Crippen LogP contribution in [-0.4, -0.2) is 9.97 Å². The van der Waals surface area contributed by atoms with Gasteiger partial charge >= 0.3 is 0 Å². The van der Waals surface area contributed by atoms with Gasteiger partial charge in [0.25, 0.3) is 0 Å². The Labute approximate surface area is 312 Å². The molecule has 0 N–H and O–H groups in total. The van der Waals surface area contributed by atoms with E-state index in [-0.39, 0.29) is 0 Å². The van der Waals surface area contributed by atoms with Crippen LogP contribution in [0.3, 0.4) is 0 Å². The van der Waals surface area contributed by atoms with Crippen molar-refractivity contribution < 1.29 is 0 Å². The van der Waals surface area contributed by atoms with E-state index in [9.17, 15) is 0 Å². The molecule has 0 aliphatic rings. The molecule has 10 aromatic carbocycles. The van der Waals surface area contributed by atoms with Crippen LogP contribution in [0.15, 0.2) is 194 Å². The minimum Gasteiger partial charge on any atom is -0.252 e. The highest BCUT2D eigenvalue weighted by Crippen LogP contribution is 2.45. The van der Waals surface area contributed by atoms with E-state index in [2.05, 4.69) is 182 Å². The molecule has 0 amide bonds. The Morgan fingerprint density at radius 3 is 1.06 bits per heavy atom. The first-order valence-corrected chi connectivity index (χ1v) is 18.5. The molecule has 54 heavy (non-hydrogen) atoms. The van der Waals surface area contributed by atoms with E-state index in [1.54, 1.807) is 12.4 Å². The molecule has 0 spiro atoms. The molecule has 1 heterocycles. The highest BCUT2D eigenvalue weighted by Gasteiger charge is 2.19. The van der Waals surface area contributed by atoms with E-state index in [0.29, 0.717) is 0 Å². The molecular weight excluding hydrogens is 653 g/mol. The van der Waals surface area contributed by atoms with Crippen LogP contribution < -0.4 is 0 Å². The Bertz CT molecular complexity index is 2960. The summed E-state index contributed by atoms with van der Waals surface area (Å²) in [6, 6.07) is 66.5. The molecule has 0 unspecified atom stereocenters. The standard InChI is InChI=1S/C52H32N2/c1-3-13-33(14-4-1)45-32-48(36-24-26-43-40-20-11-12-22-44(40)51-52(50(43)30-36)54-28-27-53-51)46(34-15-5-2-6-16-34)31-47(45)35-23-25-42-39-19-8-7-17-37(39)38-18-9-10-21-41(38)49(42)29-35/h1-32H. The lowest BCUT2D eigenvalue weighted by Gasteiger charge is -2.20. The molecule has 0 aliphatic carbocycles. The molecule has 1 aromatic heterocycles. The Kier molecular flexibility index (Phi) is 6.90. The molecule has 0 aliphatic heterocycles. The summed E-state index contributed by atoms with van der Waals surface area (Å²) in [5, 5.41) is 12.3. The van der Waals surface area contributed by atoms with Gasteiger partial charge < -0.3 is 0 Å². The maximum atomic E-state index is 4.90. The maximum absolute atomic E-state index is 4.90. The van der Waals surface area contributed by atoms with E-state index in [0.717, 1.165) is 27.4 Å². The van der Waals surface area contributed by atoms with Gasteiger partial charge in [-0.15, -0.1) is 0 Å². The summed E-state index contributed by atoms with van der Waals surface area (Å²) in [4.78, 5) is 9.72. The SMILES string of the molecule is c1ccc(-c2cc(-c3ccc4c5ccccc5c5nccnc5c4c3)c(-c3ccccc3)cc2-c2ccc3c4ccccc4c4ccccc4c3c2)cc1. The number of rotatable bonds is 4. The number of hydrogen-bond acceptors (Lipinski definition) is 2. The highest BCUT2D eigenvalue weighted by atomic mass is 14.8. The van der Waals surface area contributed by atoms with E-state index in [4.69, 9.17) is 9.97 Å². The lowest BCUT2D eigenvalue weighted by molar-refractivity contribution is 1.31. The number of hydrogen-bond donors (Lipinski definition) is 0. The van der Waals surface area contributed by atoms with Crippen LogP contribution in [0.25, 0.3) is 109 Å². The molecule has 11 rings (SSSR count). The Morgan fingerprint density at radius 2 is 0.556 bits per heavy atom. The van der Waals surface area contributed by atoms with Crippen LogP contribution in [0.1, 0.15) is 0 Å². The van der Waals surface area contributed by atoms with Crippen LogP contribution >= 0.6 is 0 Å². The van der Waals surface area contributed by atoms with Crippen LogP contribution in [0, 0.1) is 0 Å². The van der Waals surface area contributed by atoms with Gasteiger partial charge in [0.15, 0.2) is 0 Å². The lowest BCUT2D eigenvalue weighted by atomic mass is 9.84. The van der Waals surface area contributed by atoms with E-state index < -0.39 is 0 Å². The third-order valence-electron chi connectivity index (χ3n) is 11.1. The van der Waals surface area contributed by atoms with Crippen molar-refractivity contribution in [3.05, 3.63) is 194 Å². The molecular formula is C52H32N2. The minimum atomic E-state index is 0.921. The topological polar surface area (TPSA) is 25.8 Å². The zero-order chi connectivity index (χ0) is 35.6. The van der Waals surface area contributed by atoms with Crippen molar-refractivity contribution in [2.45, 2.75) is 0 Å². The molecule has 0 atom stereocenters. The second-order valence-electron chi connectivity index (χ2n) is 14.1. The first-order valence-electron chi connectivity index (χ1n) is 18.5. The van der Waals surface area contributed by atoms with Gasteiger partial charge in [0, 0.05) is 23.2 Å². The first-order chi connectivity index (χ1) is 26.8. The van der Waals surface area contributed by atoms with Gasteiger partial charge in [-0.05, 0) is 112 Å². The van der Waals surface area contributed by atoms with Crippen molar-refractivity contribution in [1.29, 1.82) is 0 Å². The summed E-state index contributed by atoms with van der Waals surface area (Å²) >= 11 is 0. The number of aromatic nitrogens is 2. The molecule has 0 radical (unpaired) electrons. The summed E-state index contributed by atoms with van der Waals surface area (Å²) < 4.78 is 0. The van der Waals surface area contributed by atoms with Gasteiger partial charge in [0.2, 0.25) is 0 Å². The number of nitrogens with zero attached hydrogens (tertiary/aromatic N) is 2. The van der Waals surface area contributed by atoms with Gasteiger partial charge in [-0.1, -0.05) is 158 Å². The quantitative estimate of drug-likeness (QED) is 0.172. The zero-order valence-electron chi connectivity index (χ0n) is 29.4. The van der Waals surface area contributed by atoms with E-state index in [1.807, 2.05) is 0 Å². The normalized spacial score (nSPS) is 11.7. The third-order valence-corrected chi connectivity index (χ3v) is 11.1. The van der Waals surface area contributed by atoms with Gasteiger partial charge in [-0.3, -0.25) is 9.97 Å². The predicted molar refractivity (Wildman–Crippen MR) is 229 cm³/mol. The predicted octanol–water partition coefficient (Wildman–Crippen LogP) is 14.1. The van der Waals surface area contributed by atoms with Gasteiger partial charge in [0.1, 0.15) is 0 Å². The van der Waals surface area contributed by atoms with Gasteiger partial charge in [-0.25, -0.2) is 0 Å². The lowest BCUT2D eigenvalue weighted by Crippen LogP contribution is -1.94. The molecule has 0 bridgehead atoms. The zero-order valence-corrected chi connectivity index (χ0v) is 29.4. The average Bonchev–Trinajstić information content (AvgIpc) is 3.26. The Balaban J connectivity index is 1.22. The Hall–Kier alpha value is -7.16. The smallest absolute Gasteiger partial charge is 0.0971 e. The van der Waals surface area contributed by atoms with Crippen molar-refractivity contribution in [2.75, 3.05) is 0 Å². The van der Waals surface area contributed by atoms with Crippen molar-refractivity contribution in [2.24, 2.45) is 0 Å². The van der Waals surface area contributed by atoms with Gasteiger partial charge in [0.05, 0.1) is 11.0 Å². The van der Waals surface area contributed by atoms with E-state index >= 15 is 0 Å². The molecule has 2 heteroatoms. The fourth-order valence-corrected chi connectivity index (χ4v) is 8.66. The molecule has 11 aromatic rings. The van der Waals surface area contributed by atoms with Crippen molar-refractivity contribution in [1.82, 2.24) is 9.97 Å². The van der Waals surface area contributed by atoms with Crippen LogP contribution in [0.5, 0.6) is 0 Å². The molecule has 0 fully saturated rings. The summed E-state index contributed by atoms with van der Waals surface area (Å²) in [6.45, 7) is 0. The van der Waals surface area contributed by atoms with Crippen LogP contribution in [-0.2, 0) is 0 Å². The largest absolute Gasteiger partial charge is 0.252 e. The molecule has 0 saturated carbocycles. The fourth-order valence-electron chi connectivity index (χ4n) is 8.66. The second kappa shape index (κ2) is 12.2. The van der Waals surface area contributed by atoms with Crippen molar-refractivity contribution in [3.8, 4) is 44.5 Å². The van der Waals surface area contributed by atoms with Crippen molar-refractivity contribution in [3.63, 3.8) is 0 Å². The molecule has 250 valence electrons. The van der Waals surface area contributed by atoms with Crippen LogP contribution in [0.4, 0.5) is 0 Å². The van der Waals surface area contributed by atoms with E-state index in [1.165, 1.54) is 82.0 Å². The molecule has 0 saturated heterocycles. The molecule has 2 nitrogen and oxygen atoms in total. The number of benzene rings is 10. The number of fused-ring (bicyclic) bond motifs is 12. The van der Waals surface area contributed by atoms with Crippen LogP contribution in [0.2, 0.25) is 0 Å². The summed E-state index contributed by atoms with van der Waals surface area (Å²) in [7, 11) is 0. The summed E-state index contributed by atoms with van der Waals surface area (Å²) in [5.74, 6) is 0. The van der Waals surface area contributed by atoms with Gasteiger partial charge in [-0.2, -0.15) is 0 Å². The Morgan fingerprint density at radius 1 is 0.222 bits per heavy atom. The monoisotopic (exact) mass is 684 g/mol. The third kappa shape index (κ3) is 4.74. The van der Waals surface area contributed by atoms with Crippen molar-refractivity contribution >= 4 is 64.9 Å². The maximum Gasteiger partial charge on any atom is 0.0971 e. The average molecular weight is 685 g/mol. The highest BCUT2D eigenvalue weighted by molar-refractivity contribution is 6.26. The fraction of sp³-hybridized carbons (Fsp3) is 0. The minimum absolute atomic E-state index is 0.921. The summed E-state index contributed by atoms with van der Waals surface area (Å²) in [5.41, 5.74) is 11.3. The first kappa shape index (κ1) is 30.5.